The molecular formula is C17H27N3O4S. The number of ether oxygens (including phenoxy) is 1. The van der Waals surface area contributed by atoms with E-state index in [2.05, 4.69) is 9.62 Å². The lowest BCUT2D eigenvalue weighted by molar-refractivity contribution is -0.131. The maximum absolute atomic E-state index is 12.6. The van der Waals surface area contributed by atoms with Crippen molar-refractivity contribution in [3.8, 4) is 5.75 Å². The van der Waals surface area contributed by atoms with Crippen LogP contribution in [0.15, 0.2) is 17.0 Å². The Morgan fingerprint density at radius 3 is 2.40 bits per heavy atom. The summed E-state index contributed by atoms with van der Waals surface area (Å²) in [5.41, 5.74) is 1.34. The van der Waals surface area contributed by atoms with Gasteiger partial charge in [0.25, 0.3) is 0 Å². The van der Waals surface area contributed by atoms with Crippen LogP contribution in [0.25, 0.3) is 0 Å². The lowest BCUT2D eigenvalue weighted by atomic mass is 10.1. The highest BCUT2D eigenvalue weighted by molar-refractivity contribution is 7.89. The van der Waals surface area contributed by atoms with Gasteiger partial charge >= 0.3 is 0 Å². The maximum Gasteiger partial charge on any atom is 0.241 e. The number of amides is 1. The van der Waals surface area contributed by atoms with Crippen LogP contribution in [0, 0.1) is 13.8 Å². The quantitative estimate of drug-likeness (QED) is 0.801. The molecule has 140 valence electrons. The van der Waals surface area contributed by atoms with Gasteiger partial charge in [-0.2, -0.15) is 0 Å². The van der Waals surface area contributed by atoms with Crippen molar-refractivity contribution in [1.82, 2.24) is 14.5 Å². The topological polar surface area (TPSA) is 78.9 Å². The molecule has 1 aliphatic rings. The van der Waals surface area contributed by atoms with Gasteiger partial charge in [0.05, 0.1) is 18.0 Å². The highest BCUT2D eigenvalue weighted by Crippen LogP contribution is 2.25. The molecule has 0 saturated carbocycles. The van der Waals surface area contributed by atoms with E-state index in [-0.39, 0.29) is 17.3 Å². The number of nitrogens with one attached hydrogen (secondary N) is 1. The summed E-state index contributed by atoms with van der Waals surface area (Å²) < 4.78 is 33.1. The number of sulfonamides is 1. The molecule has 1 saturated heterocycles. The van der Waals surface area contributed by atoms with Gasteiger partial charge in [0, 0.05) is 26.2 Å². The minimum Gasteiger partial charge on any atom is -0.494 e. The molecule has 0 spiro atoms. The molecule has 0 radical (unpaired) electrons. The van der Waals surface area contributed by atoms with Crippen molar-refractivity contribution >= 4 is 15.9 Å². The molecule has 0 aromatic heterocycles. The first kappa shape index (κ1) is 19.7. The summed E-state index contributed by atoms with van der Waals surface area (Å²) in [6, 6.07) is 3.30. The van der Waals surface area contributed by atoms with E-state index < -0.39 is 10.0 Å². The number of aryl methyl sites for hydroxylation is 2. The van der Waals surface area contributed by atoms with Gasteiger partial charge in [-0.05, 0) is 51.1 Å². The van der Waals surface area contributed by atoms with Crippen LogP contribution in [-0.4, -0.2) is 70.5 Å². The van der Waals surface area contributed by atoms with Gasteiger partial charge in [-0.15, -0.1) is 0 Å². The fourth-order valence-corrected chi connectivity index (χ4v) is 4.05. The van der Waals surface area contributed by atoms with Crippen molar-refractivity contribution in [3.05, 3.63) is 23.3 Å². The summed E-state index contributed by atoms with van der Waals surface area (Å²) in [5, 5.41) is 0. The normalized spacial score (nSPS) is 16.1. The number of nitrogens with zero attached hydrogens (tertiary/aromatic N) is 2. The van der Waals surface area contributed by atoms with Crippen LogP contribution in [0.3, 0.4) is 0 Å². The Hall–Kier alpha value is -1.64. The van der Waals surface area contributed by atoms with E-state index in [0.29, 0.717) is 31.0 Å². The highest BCUT2D eigenvalue weighted by atomic mass is 32.2. The van der Waals surface area contributed by atoms with E-state index >= 15 is 0 Å². The number of hydrogen-bond acceptors (Lipinski definition) is 5. The van der Waals surface area contributed by atoms with Crippen molar-refractivity contribution in [2.45, 2.75) is 25.7 Å². The second-order valence-electron chi connectivity index (χ2n) is 6.32. The van der Waals surface area contributed by atoms with E-state index in [0.717, 1.165) is 18.7 Å². The molecule has 1 aromatic carbocycles. The predicted octanol–water partition coefficient (Wildman–Crippen LogP) is 0.754. The largest absolute Gasteiger partial charge is 0.494 e. The number of piperazine rings is 1. The molecule has 25 heavy (non-hydrogen) atoms. The number of carbonyl (C=O) groups excluding carboxylic acids is 1. The highest BCUT2D eigenvalue weighted by Gasteiger charge is 2.23. The van der Waals surface area contributed by atoms with Gasteiger partial charge in [-0.25, -0.2) is 13.1 Å². The molecule has 0 aliphatic carbocycles. The van der Waals surface area contributed by atoms with Crippen LogP contribution >= 0.6 is 0 Å². The van der Waals surface area contributed by atoms with Gasteiger partial charge < -0.3 is 14.5 Å². The predicted molar refractivity (Wildman–Crippen MR) is 96.4 cm³/mol. The van der Waals surface area contributed by atoms with E-state index in [1.54, 1.807) is 30.9 Å². The first-order valence-electron chi connectivity index (χ1n) is 8.44. The molecule has 8 heteroatoms. The SMILES string of the molecule is CCOc1cc(C)c(S(=O)(=O)NCC(=O)N2CCN(C)CC2)cc1C. The second kappa shape index (κ2) is 8.16. The number of hydrogen-bond donors (Lipinski definition) is 1. The first-order valence-corrected chi connectivity index (χ1v) is 9.93. The van der Waals surface area contributed by atoms with Crippen molar-refractivity contribution in [3.63, 3.8) is 0 Å². The number of rotatable bonds is 6. The Labute approximate surface area is 150 Å². The van der Waals surface area contributed by atoms with Gasteiger partial charge in [0.15, 0.2) is 0 Å². The Bertz CT molecular complexity index is 726. The average Bonchev–Trinajstić information content (AvgIpc) is 2.56. The molecule has 1 fully saturated rings. The fourth-order valence-electron chi connectivity index (χ4n) is 2.77. The lowest BCUT2D eigenvalue weighted by Crippen LogP contribution is -2.50. The van der Waals surface area contributed by atoms with Crippen LogP contribution < -0.4 is 9.46 Å². The van der Waals surface area contributed by atoms with Crippen LogP contribution in [0.4, 0.5) is 0 Å². The molecule has 1 N–H and O–H groups in total. The summed E-state index contributed by atoms with van der Waals surface area (Å²) in [5.74, 6) is 0.476. The molecule has 1 amide bonds. The molecule has 1 heterocycles. The van der Waals surface area contributed by atoms with Crippen molar-refractivity contribution in [1.29, 1.82) is 0 Å². The molecule has 0 unspecified atom stereocenters. The van der Waals surface area contributed by atoms with E-state index in [1.807, 2.05) is 14.0 Å². The first-order chi connectivity index (χ1) is 11.7. The minimum atomic E-state index is -3.75. The maximum atomic E-state index is 12.6. The Morgan fingerprint density at radius 1 is 1.16 bits per heavy atom. The van der Waals surface area contributed by atoms with E-state index in [4.69, 9.17) is 4.74 Å². The molecule has 1 aliphatic heterocycles. The zero-order valence-electron chi connectivity index (χ0n) is 15.3. The summed E-state index contributed by atoms with van der Waals surface area (Å²) in [4.78, 5) is 16.2. The number of carbonyl (C=O) groups is 1. The number of likely N-dealkylation sites (N-methyl/N-ethyl adjacent to an activating group) is 1. The van der Waals surface area contributed by atoms with Crippen molar-refractivity contribution < 1.29 is 17.9 Å². The van der Waals surface area contributed by atoms with Crippen molar-refractivity contribution in [2.75, 3.05) is 46.4 Å². The molecule has 1 aromatic rings. The standard InChI is InChI=1S/C17H27N3O4S/c1-5-24-15-10-14(3)16(11-13(15)2)25(22,23)18-12-17(21)20-8-6-19(4)7-9-20/h10-11,18H,5-9,12H2,1-4H3. The van der Waals surface area contributed by atoms with Gasteiger partial charge in [0.2, 0.25) is 15.9 Å². The van der Waals surface area contributed by atoms with Gasteiger partial charge in [-0.1, -0.05) is 0 Å². The Morgan fingerprint density at radius 2 is 1.80 bits per heavy atom. The summed E-state index contributed by atoms with van der Waals surface area (Å²) in [6.07, 6.45) is 0. The van der Waals surface area contributed by atoms with Crippen LogP contribution in [-0.2, 0) is 14.8 Å². The van der Waals surface area contributed by atoms with E-state index in [1.165, 1.54) is 0 Å². The molecule has 7 nitrogen and oxygen atoms in total. The molecule has 2 rings (SSSR count). The summed E-state index contributed by atoms with van der Waals surface area (Å²) in [7, 11) is -1.75. The Balaban J connectivity index is 2.06. The van der Waals surface area contributed by atoms with Crippen LogP contribution in [0.5, 0.6) is 5.75 Å². The zero-order chi connectivity index (χ0) is 18.6. The third kappa shape index (κ3) is 4.93. The van der Waals surface area contributed by atoms with Gasteiger partial charge in [0.1, 0.15) is 5.75 Å². The smallest absolute Gasteiger partial charge is 0.241 e. The molecular weight excluding hydrogens is 342 g/mol. The minimum absolute atomic E-state index is 0.180. The monoisotopic (exact) mass is 369 g/mol. The van der Waals surface area contributed by atoms with Crippen LogP contribution in [0.2, 0.25) is 0 Å². The molecule has 0 atom stereocenters. The third-order valence-corrected chi connectivity index (χ3v) is 5.87. The number of benzene rings is 1. The Kier molecular flexibility index (Phi) is 6.42. The summed E-state index contributed by atoms with van der Waals surface area (Å²) in [6.45, 7) is 8.55. The molecule has 0 bridgehead atoms. The average molecular weight is 369 g/mol. The second-order valence-corrected chi connectivity index (χ2v) is 8.06. The van der Waals surface area contributed by atoms with Crippen molar-refractivity contribution in [2.24, 2.45) is 0 Å². The summed E-state index contributed by atoms with van der Waals surface area (Å²) >= 11 is 0. The third-order valence-electron chi connectivity index (χ3n) is 4.33. The van der Waals surface area contributed by atoms with Gasteiger partial charge in [-0.3, -0.25) is 4.79 Å². The van der Waals surface area contributed by atoms with E-state index in [9.17, 15) is 13.2 Å². The zero-order valence-corrected chi connectivity index (χ0v) is 16.1. The lowest BCUT2D eigenvalue weighted by Gasteiger charge is -2.32. The van der Waals surface area contributed by atoms with Crippen LogP contribution in [0.1, 0.15) is 18.1 Å². The fraction of sp³-hybridized carbons (Fsp3) is 0.588.